The number of methoxy groups -OCH3 is 2. The van der Waals surface area contributed by atoms with Gasteiger partial charge in [-0.1, -0.05) is 17.7 Å². The molecule has 2 aromatic rings. The molecule has 0 radical (unpaired) electrons. The van der Waals surface area contributed by atoms with Crippen molar-refractivity contribution >= 4 is 29.1 Å². The van der Waals surface area contributed by atoms with E-state index in [-0.39, 0.29) is 29.8 Å². The molecule has 0 spiro atoms. The van der Waals surface area contributed by atoms with Crippen molar-refractivity contribution in [2.75, 3.05) is 32.2 Å². The zero-order valence-corrected chi connectivity index (χ0v) is 17.0. The van der Waals surface area contributed by atoms with Crippen molar-refractivity contribution in [3.05, 3.63) is 52.8 Å². The topological polar surface area (TPSA) is 67.9 Å². The van der Waals surface area contributed by atoms with Crippen molar-refractivity contribution in [3.8, 4) is 11.5 Å². The molecule has 1 N–H and O–H groups in total. The van der Waals surface area contributed by atoms with Crippen LogP contribution in [0.1, 0.15) is 12.0 Å². The van der Waals surface area contributed by atoms with E-state index in [1.807, 2.05) is 18.2 Å². The highest BCUT2D eigenvalue weighted by Gasteiger charge is 2.35. The van der Waals surface area contributed by atoms with E-state index in [0.29, 0.717) is 30.2 Å². The van der Waals surface area contributed by atoms with E-state index in [9.17, 15) is 14.0 Å². The van der Waals surface area contributed by atoms with E-state index < -0.39 is 11.7 Å². The Morgan fingerprint density at radius 1 is 1.21 bits per heavy atom. The number of anilines is 1. The summed E-state index contributed by atoms with van der Waals surface area (Å²) in [6, 6.07) is 9.68. The molecule has 2 amide bonds. The number of nitrogens with zero attached hydrogens (tertiary/aromatic N) is 1. The first-order valence-electron chi connectivity index (χ1n) is 9.17. The third-order valence-electron chi connectivity index (χ3n) is 4.87. The fourth-order valence-corrected chi connectivity index (χ4v) is 3.47. The van der Waals surface area contributed by atoms with Gasteiger partial charge in [0.2, 0.25) is 11.8 Å². The van der Waals surface area contributed by atoms with Gasteiger partial charge in [0.15, 0.2) is 11.5 Å². The molecule has 1 atom stereocenters. The predicted octanol–water partition coefficient (Wildman–Crippen LogP) is 3.21. The first kappa shape index (κ1) is 20.9. The average Bonchev–Trinajstić information content (AvgIpc) is 3.11. The second kappa shape index (κ2) is 9.13. The van der Waals surface area contributed by atoms with Gasteiger partial charge in [-0.05, 0) is 42.3 Å². The summed E-state index contributed by atoms with van der Waals surface area (Å²) < 4.78 is 23.8. The van der Waals surface area contributed by atoms with Crippen molar-refractivity contribution < 1.29 is 23.5 Å². The zero-order chi connectivity index (χ0) is 21.0. The fourth-order valence-electron chi connectivity index (χ4n) is 3.30. The summed E-state index contributed by atoms with van der Waals surface area (Å²) >= 11 is 5.80. The summed E-state index contributed by atoms with van der Waals surface area (Å²) in [7, 11) is 3.14. The van der Waals surface area contributed by atoms with Gasteiger partial charge in [-0.15, -0.1) is 0 Å². The van der Waals surface area contributed by atoms with Gasteiger partial charge in [0, 0.05) is 25.2 Å². The van der Waals surface area contributed by atoms with E-state index >= 15 is 0 Å². The highest BCUT2D eigenvalue weighted by molar-refractivity contribution is 6.31. The molecule has 0 bridgehead atoms. The number of halogens is 2. The van der Waals surface area contributed by atoms with Gasteiger partial charge in [-0.2, -0.15) is 0 Å². The molecular formula is C21H22ClFN2O4. The number of nitrogens with one attached hydrogen (secondary N) is 1. The summed E-state index contributed by atoms with van der Waals surface area (Å²) in [5.74, 6) is -0.109. The number of amides is 2. The molecule has 0 aromatic heterocycles. The van der Waals surface area contributed by atoms with Gasteiger partial charge in [-0.3, -0.25) is 9.59 Å². The lowest BCUT2D eigenvalue weighted by Crippen LogP contribution is -2.34. The molecule has 29 heavy (non-hydrogen) atoms. The van der Waals surface area contributed by atoms with Gasteiger partial charge < -0.3 is 19.7 Å². The minimum absolute atomic E-state index is 0.0573. The normalized spacial score (nSPS) is 16.1. The first-order valence-corrected chi connectivity index (χ1v) is 9.54. The van der Waals surface area contributed by atoms with Gasteiger partial charge >= 0.3 is 0 Å². The van der Waals surface area contributed by atoms with Gasteiger partial charge in [0.05, 0.1) is 25.2 Å². The van der Waals surface area contributed by atoms with Gasteiger partial charge in [-0.25, -0.2) is 4.39 Å². The Bertz CT molecular complexity index is 922. The zero-order valence-electron chi connectivity index (χ0n) is 16.2. The molecule has 154 valence electrons. The Hall–Kier alpha value is -2.80. The Balaban J connectivity index is 1.55. The Morgan fingerprint density at radius 3 is 2.66 bits per heavy atom. The molecule has 0 aliphatic carbocycles. The van der Waals surface area contributed by atoms with Crippen LogP contribution in [0.3, 0.4) is 0 Å². The van der Waals surface area contributed by atoms with Crippen LogP contribution in [-0.2, 0) is 16.0 Å². The monoisotopic (exact) mass is 420 g/mol. The number of carbonyl (C=O) groups is 2. The van der Waals surface area contributed by atoms with E-state index in [4.69, 9.17) is 21.1 Å². The quantitative estimate of drug-likeness (QED) is 0.746. The van der Waals surface area contributed by atoms with Crippen LogP contribution in [0.2, 0.25) is 5.02 Å². The average molecular weight is 421 g/mol. The maximum absolute atomic E-state index is 13.3. The molecule has 1 aliphatic rings. The number of benzene rings is 2. The maximum atomic E-state index is 13.3. The predicted molar refractivity (Wildman–Crippen MR) is 108 cm³/mol. The van der Waals surface area contributed by atoms with E-state index in [2.05, 4.69) is 5.32 Å². The Morgan fingerprint density at radius 2 is 1.97 bits per heavy atom. The van der Waals surface area contributed by atoms with Crippen molar-refractivity contribution in [2.45, 2.75) is 12.8 Å². The summed E-state index contributed by atoms with van der Waals surface area (Å²) in [5, 5.41) is 2.82. The maximum Gasteiger partial charge on any atom is 0.227 e. The van der Waals surface area contributed by atoms with Crippen LogP contribution >= 0.6 is 11.6 Å². The molecule has 1 saturated heterocycles. The number of ether oxygens (including phenoxy) is 2. The molecule has 1 unspecified atom stereocenters. The smallest absolute Gasteiger partial charge is 0.227 e. The fraction of sp³-hybridized carbons (Fsp3) is 0.333. The van der Waals surface area contributed by atoms with E-state index in [1.54, 1.807) is 14.2 Å². The van der Waals surface area contributed by atoms with Gasteiger partial charge in [0.1, 0.15) is 5.82 Å². The number of hydrogen-bond donors (Lipinski definition) is 1. The van der Waals surface area contributed by atoms with E-state index in [1.165, 1.54) is 23.1 Å². The highest BCUT2D eigenvalue weighted by atomic mass is 35.5. The number of rotatable bonds is 7. The van der Waals surface area contributed by atoms with Gasteiger partial charge in [0.25, 0.3) is 0 Å². The van der Waals surface area contributed by atoms with Crippen LogP contribution < -0.4 is 19.7 Å². The van der Waals surface area contributed by atoms with Crippen LogP contribution in [0.15, 0.2) is 36.4 Å². The minimum Gasteiger partial charge on any atom is -0.493 e. The van der Waals surface area contributed by atoms with Crippen LogP contribution in [0.4, 0.5) is 10.1 Å². The lowest BCUT2D eigenvalue weighted by Gasteiger charge is -2.17. The summed E-state index contributed by atoms with van der Waals surface area (Å²) in [5.41, 5.74) is 1.48. The minimum atomic E-state index is -0.550. The molecule has 6 nitrogen and oxygen atoms in total. The first-order chi connectivity index (χ1) is 13.9. The van der Waals surface area contributed by atoms with Crippen molar-refractivity contribution in [3.63, 3.8) is 0 Å². The van der Waals surface area contributed by atoms with E-state index in [0.717, 1.165) is 5.56 Å². The number of hydrogen-bond acceptors (Lipinski definition) is 4. The van der Waals surface area contributed by atoms with Crippen LogP contribution in [0.5, 0.6) is 11.5 Å². The largest absolute Gasteiger partial charge is 0.493 e. The molecular weight excluding hydrogens is 399 g/mol. The van der Waals surface area contributed by atoms with Crippen molar-refractivity contribution in [1.29, 1.82) is 0 Å². The second-order valence-electron chi connectivity index (χ2n) is 6.73. The van der Waals surface area contributed by atoms with Crippen LogP contribution in [0, 0.1) is 11.7 Å². The highest BCUT2D eigenvalue weighted by Crippen LogP contribution is 2.29. The lowest BCUT2D eigenvalue weighted by atomic mass is 10.1. The molecule has 8 heteroatoms. The number of carbonyl (C=O) groups excluding carboxylic acids is 2. The molecule has 2 aromatic carbocycles. The lowest BCUT2D eigenvalue weighted by molar-refractivity contribution is -0.126. The third-order valence-corrected chi connectivity index (χ3v) is 5.16. The Kier molecular flexibility index (Phi) is 6.59. The molecule has 0 saturated carbocycles. The summed E-state index contributed by atoms with van der Waals surface area (Å²) in [4.78, 5) is 26.2. The summed E-state index contributed by atoms with van der Waals surface area (Å²) in [6.07, 6.45) is 0.723. The van der Waals surface area contributed by atoms with Crippen molar-refractivity contribution in [2.24, 2.45) is 5.92 Å². The molecule has 1 heterocycles. The molecule has 1 aliphatic heterocycles. The molecule has 3 rings (SSSR count). The molecule has 1 fully saturated rings. The van der Waals surface area contributed by atoms with Crippen molar-refractivity contribution in [1.82, 2.24) is 5.32 Å². The third kappa shape index (κ3) is 4.79. The van der Waals surface area contributed by atoms with Crippen LogP contribution in [-0.4, -0.2) is 39.1 Å². The standard InChI is InChI=1S/C21H22ClFN2O4/c1-28-18-6-3-13(9-19(18)29-2)7-8-24-21(27)14-10-20(26)25(12-14)15-4-5-17(23)16(22)11-15/h3-6,9,11,14H,7-8,10,12H2,1-2H3,(H,24,27). The second-order valence-corrected chi connectivity index (χ2v) is 7.14. The van der Waals surface area contributed by atoms with Crippen LogP contribution in [0.25, 0.3) is 0 Å². The summed E-state index contributed by atoms with van der Waals surface area (Å²) in [6.45, 7) is 0.671. The SMILES string of the molecule is COc1ccc(CCNC(=O)C2CC(=O)N(c3ccc(F)c(Cl)c3)C2)cc1OC. The Labute approximate surface area is 173 Å².